The maximum Gasteiger partial charge on any atom is 0.136 e. The highest BCUT2D eigenvalue weighted by molar-refractivity contribution is 7.25. The third-order valence-electron chi connectivity index (χ3n) is 10.9. The Balaban J connectivity index is 1.04. The molecule has 0 saturated carbocycles. The van der Waals surface area contributed by atoms with E-state index in [0.29, 0.717) is 0 Å². The van der Waals surface area contributed by atoms with E-state index in [4.69, 9.17) is 4.42 Å². The van der Waals surface area contributed by atoms with Crippen LogP contribution in [0.15, 0.2) is 205 Å². The number of nitrogens with zero attached hydrogens (tertiary/aromatic N) is 1. The van der Waals surface area contributed by atoms with Crippen LogP contribution in [0.2, 0.25) is 0 Å². The van der Waals surface area contributed by atoms with Crippen molar-refractivity contribution in [3.8, 4) is 33.4 Å². The second kappa shape index (κ2) is 12.9. The molecule has 0 atom stereocenters. The minimum absolute atomic E-state index is 0.905. The molecule has 0 radical (unpaired) electrons. The van der Waals surface area contributed by atoms with Gasteiger partial charge in [0.1, 0.15) is 11.2 Å². The van der Waals surface area contributed by atoms with Gasteiger partial charge in [-0.25, -0.2) is 0 Å². The van der Waals surface area contributed by atoms with Gasteiger partial charge in [-0.3, -0.25) is 0 Å². The van der Waals surface area contributed by atoms with Crippen LogP contribution in [-0.2, 0) is 0 Å². The lowest BCUT2D eigenvalue weighted by molar-refractivity contribution is 0.669. The maximum absolute atomic E-state index is 6.47. The Kier molecular flexibility index (Phi) is 7.39. The van der Waals surface area contributed by atoms with Crippen LogP contribution in [0, 0.1) is 0 Å². The van der Waals surface area contributed by atoms with E-state index < -0.39 is 0 Å². The summed E-state index contributed by atoms with van der Waals surface area (Å²) in [4.78, 5) is 2.38. The largest absolute Gasteiger partial charge is 0.456 e. The third kappa shape index (κ3) is 5.40. The van der Waals surface area contributed by atoms with E-state index in [1.807, 2.05) is 11.3 Å². The van der Waals surface area contributed by atoms with Gasteiger partial charge in [-0.05, 0) is 105 Å². The van der Waals surface area contributed by atoms with Gasteiger partial charge in [-0.1, -0.05) is 140 Å². The molecule has 2 nitrogen and oxygen atoms in total. The smallest absolute Gasteiger partial charge is 0.136 e. The second-order valence-corrected chi connectivity index (χ2v) is 15.2. The minimum atomic E-state index is 0.905. The van der Waals surface area contributed by atoms with Crippen LogP contribution in [0.1, 0.15) is 0 Å². The maximum atomic E-state index is 6.47. The zero-order valence-electron chi connectivity index (χ0n) is 29.8. The molecule has 0 aliphatic carbocycles. The van der Waals surface area contributed by atoms with Crippen molar-refractivity contribution in [2.45, 2.75) is 0 Å². The van der Waals surface area contributed by atoms with Crippen LogP contribution in [0.5, 0.6) is 0 Å². The Labute approximate surface area is 322 Å². The summed E-state index contributed by atoms with van der Waals surface area (Å²) in [6, 6.07) is 72.1. The Bertz CT molecular complexity index is 3190. The molecule has 2 heterocycles. The predicted octanol–water partition coefficient (Wildman–Crippen LogP) is 15.6. The Morgan fingerprint density at radius 3 is 1.82 bits per heavy atom. The van der Waals surface area contributed by atoms with Crippen molar-refractivity contribution >= 4 is 81.3 Å². The molecule has 55 heavy (non-hydrogen) atoms. The van der Waals surface area contributed by atoms with Crippen LogP contribution in [0.4, 0.5) is 17.1 Å². The first-order valence-corrected chi connectivity index (χ1v) is 19.5. The van der Waals surface area contributed by atoms with E-state index in [2.05, 4.69) is 205 Å². The Morgan fingerprint density at radius 2 is 0.964 bits per heavy atom. The Hall–Kier alpha value is -6.94. The standard InChI is InChI=1S/C52H33NOS/c1-3-11-34(12-4-1)38-15-9-16-41(31-38)53(42-28-29-45-44-17-7-8-20-49(44)55-50(45)33-42)40-26-23-35(24-27-40)39-22-21-37-25-30-48-52(46(37)32-39)51-43(18-10-19-47(51)54-48)36-13-5-2-6-14-36/h1-33H. The fourth-order valence-corrected chi connectivity index (χ4v) is 9.37. The summed E-state index contributed by atoms with van der Waals surface area (Å²) >= 11 is 1.85. The summed E-state index contributed by atoms with van der Waals surface area (Å²) in [7, 11) is 0. The molecule has 11 aromatic rings. The van der Waals surface area contributed by atoms with Crippen LogP contribution >= 0.6 is 11.3 Å². The summed E-state index contributed by atoms with van der Waals surface area (Å²) in [5, 5.41) is 7.31. The fraction of sp³-hybridized carbons (Fsp3) is 0. The van der Waals surface area contributed by atoms with Gasteiger partial charge in [0.05, 0.1) is 0 Å². The van der Waals surface area contributed by atoms with E-state index in [9.17, 15) is 0 Å². The average Bonchev–Trinajstić information content (AvgIpc) is 3.83. The minimum Gasteiger partial charge on any atom is -0.456 e. The number of hydrogen-bond acceptors (Lipinski definition) is 3. The van der Waals surface area contributed by atoms with Crippen LogP contribution in [0.25, 0.3) is 86.3 Å². The first-order chi connectivity index (χ1) is 27.2. The normalized spacial score (nSPS) is 11.6. The summed E-state index contributed by atoms with van der Waals surface area (Å²) in [5.74, 6) is 0. The highest BCUT2D eigenvalue weighted by atomic mass is 32.1. The van der Waals surface area contributed by atoms with Gasteiger partial charge in [0.15, 0.2) is 0 Å². The van der Waals surface area contributed by atoms with Crippen molar-refractivity contribution in [2.24, 2.45) is 0 Å². The summed E-state index contributed by atoms with van der Waals surface area (Å²) in [6.45, 7) is 0. The van der Waals surface area contributed by atoms with E-state index >= 15 is 0 Å². The van der Waals surface area contributed by atoms with Crippen molar-refractivity contribution in [2.75, 3.05) is 4.90 Å². The van der Waals surface area contributed by atoms with E-state index in [1.54, 1.807) is 0 Å². The molecule has 11 rings (SSSR count). The van der Waals surface area contributed by atoms with E-state index in [-0.39, 0.29) is 0 Å². The van der Waals surface area contributed by atoms with Gasteiger partial charge in [0, 0.05) is 48.0 Å². The Morgan fingerprint density at radius 1 is 0.345 bits per heavy atom. The number of anilines is 3. The SMILES string of the molecule is c1ccc(-c2cccc(N(c3ccc(-c4ccc5ccc6oc7cccc(-c8ccccc8)c7c6c5c4)cc3)c3ccc4c(c3)sc3ccccc34)c2)cc1. The molecule has 0 aliphatic heterocycles. The second-order valence-electron chi connectivity index (χ2n) is 14.1. The first kappa shape index (κ1) is 31.6. The lowest BCUT2D eigenvalue weighted by Crippen LogP contribution is -2.09. The summed E-state index contributed by atoms with van der Waals surface area (Å²) in [6.07, 6.45) is 0. The van der Waals surface area contributed by atoms with Crippen LogP contribution in [-0.4, -0.2) is 0 Å². The number of thiophene rings is 1. The van der Waals surface area contributed by atoms with E-state index in [0.717, 1.165) is 44.6 Å². The fourth-order valence-electron chi connectivity index (χ4n) is 8.23. The topological polar surface area (TPSA) is 16.4 Å². The molecule has 258 valence electrons. The predicted molar refractivity (Wildman–Crippen MR) is 235 cm³/mol. The summed E-state index contributed by atoms with van der Waals surface area (Å²) < 4.78 is 9.06. The first-order valence-electron chi connectivity index (χ1n) is 18.7. The quantitative estimate of drug-likeness (QED) is 0.170. The van der Waals surface area contributed by atoms with Gasteiger partial charge in [-0.2, -0.15) is 0 Å². The van der Waals surface area contributed by atoms with Crippen molar-refractivity contribution in [3.63, 3.8) is 0 Å². The molecule has 0 aliphatic rings. The van der Waals surface area contributed by atoms with Crippen LogP contribution in [0.3, 0.4) is 0 Å². The molecular weight excluding hydrogens is 687 g/mol. The van der Waals surface area contributed by atoms with Crippen molar-refractivity contribution in [3.05, 3.63) is 200 Å². The molecule has 0 amide bonds. The van der Waals surface area contributed by atoms with Crippen molar-refractivity contribution in [1.82, 2.24) is 0 Å². The van der Waals surface area contributed by atoms with Crippen LogP contribution < -0.4 is 4.90 Å². The molecule has 0 unspecified atom stereocenters. The lowest BCUT2D eigenvalue weighted by Gasteiger charge is -2.26. The molecule has 3 heteroatoms. The zero-order valence-corrected chi connectivity index (χ0v) is 30.6. The molecule has 0 spiro atoms. The van der Waals surface area contributed by atoms with Gasteiger partial charge in [-0.15, -0.1) is 11.3 Å². The molecule has 0 N–H and O–H groups in total. The average molecular weight is 720 g/mol. The number of hydrogen-bond donors (Lipinski definition) is 0. The number of benzene rings is 9. The van der Waals surface area contributed by atoms with Gasteiger partial charge in [0.25, 0.3) is 0 Å². The number of fused-ring (bicyclic) bond motifs is 8. The zero-order chi connectivity index (χ0) is 36.3. The highest BCUT2D eigenvalue weighted by Crippen LogP contribution is 2.44. The summed E-state index contributed by atoms with van der Waals surface area (Å²) in [5.41, 5.74) is 12.2. The highest BCUT2D eigenvalue weighted by Gasteiger charge is 2.18. The molecule has 9 aromatic carbocycles. The number of rotatable bonds is 6. The molecule has 0 fully saturated rings. The monoisotopic (exact) mass is 719 g/mol. The number of furan rings is 1. The van der Waals surface area contributed by atoms with Gasteiger partial charge < -0.3 is 9.32 Å². The third-order valence-corrected chi connectivity index (χ3v) is 12.0. The molecular formula is C52H33NOS. The molecule has 0 saturated heterocycles. The molecule has 2 aromatic heterocycles. The van der Waals surface area contributed by atoms with E-state index in [1.165, 1.54) is 58.8 Å². The lowest BCUT2D eigenvalue weighted by atomic mass is 9.95. The molecule has 0 bridgehead atoms. The van der Waals surface area contributed by atoms with Gasteiger partial charge in [0.2, 0.25) is 0 Å². The van der Waals surface area contributed by atoms with Gasteiger partial charge >= 0.3 is 0 Å². The van der Waals surface area contributed by atoms with Crippen molar-refractivity contribution in [1.29, 1.82) is 0 Å². The van der Waals surface area contributed by atoms with Crippen molar-refractivity contribution < 1.29 is 4.42 Å².